The Morgan fingerprint density at radius 3 is 2.05 bits per heavy atom. The average molecular weight is 557 g/mol. The molecular formula is C36H60O4. The van der Waals surface area contributed by atoms with Gasteiger partial charge in [0.05, 0.1) is 11.7 Å². The molecule has 40 heavy (non-hydrogen) atoms. The molecule has 0 radical (unpaired) electrons. The summed E-state index contributed by atoms with van der Waals surface area (Å²) in [5, 5.41) is 0. The molecule has 4 heteroatoms. The molecule has 0 amide bonds. The number of Topliss-reactive ketones (excluding diaryl/α,β-unsaturated/α-hetero) is 1. The van der Waals surface area contributed by atoms with Crippen LogP contribution >= 0.6 is 0 Å². The Balaban J connectivity index is 1.04. The van der Waals surface area contributed by atoms with E-state index in [9.17, 15) is 9.59 Å². The quantitative estimate of drug-likeness (QED) is 0.115. The molecule has 4 saturated carbocycles. The fourth-order valence-corrected chi connectivity index (χ4v) is 11.0. The average Bonchev–Trinajstić information content (AvgIpc) is 3.58. The van der Waals surface area contributed by atoms with Crippen molar-refractivity contribution in [2.24, 2.45) is 34.0 Å². The van der Waals surface area contributed by atoms with Crippen LogP contribution in [-0.2, 0) is 19.1 Å². The summed E-state index contributed by atoms with van der Waals surface area (Å²) in [6.07, 6.45) is 23.8. The van der Waals surface area contributed by atoms with Gasteiger partial charge in [-0.1, -0.05) is 105 Å². The third-order valence-electron chi connectivity index (χ3n) is 12.9. The van der Waals surface area contributed by atoms with Crippen molar-refractivity contribution in [1.82, 2.24) is 0 Å². The van der Waals surface area contributed by atoms with Crippen molar-refractivity contribution in [1.29, 1.82) is 0 Å². The number of carbonyl (C=O) groups excluding carboxylic acids is 2. The summed E-state index contributed by atoms with van der Waals surface area (Å²) in [5.74, 6) is 1.67. The van der Waals surface area contributed by atoms with E-state index in [1.165, 1.54) is 96.3 Å². The minimum Gasteiger partial charge on any atom is -0.454 e. The number of ether oxygens (including phenoxy) is 2. The highest BCUT2D eigenvalue weighted by molar-refractivity contribution is 5.88. The lowest BCUT2D eigenvalue weighted by molar-refractivity contribution is -0.204. The van der Waals surface area contributed by atoms with E-state index >= 15 is 0 Å². The van der Waals surface area contributed by atoms with Crippen LogP contribution in [0.1, 0.15) is 163 Å². The molecule has 0 aromatic heterocycles. The lowest BCUT2D eigenvalue weighted by atomic mass is 9.40. The summed E-state index contributed by atoms with van der Waals surface area (Å²) < 4.78 is 12.4. The second-order valence-electron chi connectivity index (χ2n) is 15.9. The van der Waals surface area contributed by atoms with E-state index in [1.54, 1.807) is 0 Å². The van der Waals surface area contributed by atoms with Crippen LogP contribution in [0.25, 0.3) is 0 Å². The van der Waals surface area contributed by atoms with E-state index in [0.717, 1.165) is 19.3 Å². The molecule has 1 spiro atoms. The monoisotopic (exact) mass is 556 g/mol. The van der Waals surface area contributed by atoms with E-state index in [0.29, 0.717) is 36.7 Å². The van der Waals surface area contributed by atoms with Gasteiger partial charge in [0.1, 0.15) is 0 Å². The van der Waals surface area contributed by atoms with Gasteiger partial charge in [0.2, 0.25) is 0 Å². The molecule has 5 rings (SSSR count). The summed E-state index contributed by atoms with van der Waals surface area (Å²) in [6, 6.07) is 0. The Labute approximate surface area is 245 Å². The van der Waals surface area contributed by atoms with Crippen molar-refractivity contribution in [2.45, 2.75) is 181 Å². The summed E-state index contributed by atoms with van der Waals surface area (Å²) in [4.78, 5) is 26.6. The fraction of sp³-hybridized carbons (Fsp3) is 0.944. The van der Waals surface area contributed by atoms with Gasteiger partial charge < -0.3 is 9.47 Å². The molecule has 0 N–H and O–H groups in total. The van der Waals surface area contributed by atoms with E-state index in [-0.39, 0.29) is 33.6 Å². The molecule has 0 aromatic carbocycles. The molecule has 0 aromatic rings. The first kappa shape index (κ1) is 30.6. The highest BCUT2D eigenvalue weighted by Crippen LogP contribution is 2.77. The first-order valence-corrected chi connectivity index (χ1v) is 17.5. The normalized spacial score (nSPS) is 40.7. The van der Waals surface area contributed by atoms with Crippen molar-refractivity contribution in [3.8, 4) is 0 Å². The van der Waals surface area contributed by atoms with Gasteiger partial charge in [-0.3, -0.25) is 9.59 Å². The van der Waals surface area contributed by atoms with Crippen LogP contribution in [0.2, 0.25) is 0 Å². The minimum absolute atomic E-state index is 0.0149. The maximum Gasteiger partial charge on any atom is 0.306 e. The third-order valence-corrected chi connectivity index (χ3v) is 12.9. The number of fused-ring (bicyclic) bond motifs is 5. The molecule has 1 saturated heterocycles. The largest absolute Gasteiger partial charge is 0.454 e. The zero-order valence-corrected chi connectivity index (χ0v) is 26.7. The van der Waals surface area contributed by atoms with Crippen molar-refractivity contribution in [3.05, 3.63) is 0 Å². The molecule has 5 fully saturated rings. The Hall–Kier alpha value is -0.900. The van der Waals surface area contributed by atoms with E-state index in [4.69, 9.17) is 9.47 Å². The van der Waals surface area contributed by atoms with Gasteiger partial charge in [-0.2, -0.15) is 0 Å². The van der Waals surface area contributed by atoms with Crippen LogP contribution < -0.4 is 0 Å². The Kier molecular flexibility index (Phi) is 9.17. The number of epoxide rings is 1. The molecule has 0 unspecified atom stereocenters. The molecule has 4 nitrogen and oxygen atoms in total. The zero-order chi connectivity index (χ0) is 28.6. The van der Waals surface area contributed by atoms with Crippen molar-refractivity contribution in [2.75, 3.05) is 0 Å². The summed E-state index contributed by atoms with van der Waals surface area (Å²) in [5.41, 5.74) is 0.0499. The lowest BCUT2D eigenvalue weighted by Gasteiger charge is -2.64. The van der Waals surface area contributed by atoms with Crippen molar-refractivity contribution < 1.29 is 19.1 Å². The molecule has 2 bridgehead atoms. The molecule has 8 atom stereocenters. The van der Waals surface area contributed by atoms with Gasteiger partial charge in [-0.15, -0.1) is 0 Å². The van der Waals surface area contributed by atoms with Gasteiger partial charge >= 0.3 is 5.97 Å². The molecule has 5 aliphatic rings. The Morgan fingerprint density at radius 2 is 1.43 bits per heavy atom. The standard InChI is InChI=1S/C36H60O4/c1-6-7-8-9-10-11-12-13-14-15-16-17-18-19-30(38)39-31-27(37)25-34(4)28(33(31,2)3)22-23-36-24-26(20-21-29(34)36)35(5)32(36)40-35/h26,28-29,31-32H,6-25H2,1-5H3/t26-,28+,29-,31-,32-,34+,35-,36-/m0/s1. The van der Waals surface area contributed by atoms with Gasteiger partial charge in [-0.05, 0) is 68.6 Å². The van der Waals surface area contributed by atoms with Crippen LogP contribution in [0.15, 0.2) is 0 Å². The Bertz CT molecular complexity index is 910. The summed E-state index contributed by atoms with van der Waals surface area (Å²) >= 11 is 0. The van der Waals surface area contributed by atoms with Gasteiger partial charge in [-0.25, -0.2) is 0 Å². The Morgan fingerprint density at radius 1 is 0.825 bits per heavy atom. The lowest BCUT2D eigenvalue weighted by Crippen LogP contribution is -2.63. The third kappa shape index (κ3) is 5.46. The molecule has 1 aliphatic heterocycles. The van der Waals surface area contributed by atoms with Crippen LogP contribution in [0.4, 0.5) is 0 Å². The first-order chi connectivity index (χ1) is 19.1. The number of ketones is 1. The molecule has 1 heterocycles. The van der Waals surface area contributed by atoms with Gasteiger partial charge in [0, 0.05) is 23.7 Å². The highest BCUT2D eigenvalue weighted by atomic mass is 16.6. The number of carbonyl (C=O) groups is 2. The van der Waals surface area contributed by atoms with E-state index < -0.39 is 6.10 Å². The molecular weight excluding hydrogens is 496 g/mol. The van der Waals surface area contributed by atoms with Crippen LogP contribution in [0, 0.1) is 34.0 Å². The first-order valence-electron chi connectivity index (χ1n) is 17.5. The van der Waals surface area contributed by atoms with Crippen LogP contribution in [0.5, 0.6) is 0 Å². The second kappa shape index (κ2) is 12.0. The van der Waals surface area contributed by atoms with Crippen molar-refractivity contribution >= 4 is 11.8 Å². The fourth-order valence-electron chi connectivity index (χ4n) is 11.0. The maximum atomic E-state index is 13.7. The smallest absolute Gasteiger partial charge is 0.306 e. The van der Waals surface area contributed by atoms with E-state index in [1.807, 2.05) is 0 Å². The number of esters is 1. The summed E-state index contributed by atoms with van der Waals surface area (Å²) in [7, 11) is 0. The molecule has 4 aliphatic carbocycles. The van der Waals surface area contributed by atoms with Crippen LogP contribution in [-0.4, -0.2) is 29.6 Å². The topological polar surface area (TPSA) is 55.9 Å². The van der Waals surface area contributed by atoms with Gasteiger partial charge in [0.15, 0.2) is 11.9 Å². The minimum atomic E-state index is -0.587. The van der Waals surface area contributed by atoms with Crippen LogP contribution in [0.3, 0.4) is 0 Å². The van der Waals surface area contributed by atoms with Gasteiger partial charge in [0.25, 0.3) is 0 Å². The number of hydrogen-bond acceptors (Lipinski definition) is 4. The number of rotatable bonds is 15. The van der Waals surface area contributed by atoms with E-state index in [2.05, 4.69) is 34.6 Å². The highest BCUT2D eigenvalue weighted by Gasteiger charge is 2.79. The number of hydrogen-bond donors (Lipinski definition) is 0. The predicted octanol–water partition coefficient (Wildman–Crippen LogP) is 9.37. The number of unbranched alkanes of at least 4 members (excludes halogenated alkanes) is 12. The maximum absolute atomic E-state index is 13.7. The van der Waals surface area contributed by atoms with Crippen molar-refractivity contribution in [3.63, 3.8) is 0 Å². The zero-order valence-electron chi connectivity index (χ0n) is 26.7. The summed E-state index contributed by atoms with van der Waals surface area (Å²) in [6.45, 7) is 11.5. The predicted molar refractivity (Wildman–Crippen MR) is 161 cm³/mol. The SMILES string of the molecule is CCCCCCCCCCCCCCCC(=O)O[C@H]1C(=O)C[C@]2(C)[C@H](CC[C@]34C[C@H](CC[C@@H]23)[C@]2(C)O[C@H]42)C1(C)C. The second-order valence-corrected chi connectivity index (χ2v) is 15.9. The molecule has 228 valence electrons.